The maximum atomic E-state index is 5.72. The molecule has 5 nitrogen and oxygen atoms in total. The smallest absolute Gasteiger partial charge is 0.225 e. The first-order valence-electron chi connectivity index (χ1n) is 6.55. The summed E-state index contributed by atoms with van der Waals surface area (Å²) in [5.74, 6) is 0.822. The van der Waals surface area contributed by atoms with E-state index in [-0.39, 0.29) is 0 Å². The highest BCUT2D eigenvalue weighted by Gasteiger charge is 2.18. The molecule has 1 aromatic heterocycles. The van der Waals surface area contributed by atoms with Gasteiger partial charge in [0.25, 0.3) is 0 Å². The monoisotopic (exact) mass is 381 g/mol. The third-order valence-corrected chi connectivity index (χ3v) is 3.98. The molecule has 2 N–H and O–H groups in total. The molecule has 1 saturated heterocycles. The number of hydrogen-bond donors (Lipinski definition) is 1. The summed E-state index contributed by atoms with van der Waals surface area (Å²) in [6.07, 6.45) is 3.71. The number of hydrogen-bond acceptors (Lipinski definition) is 5. The number of rotatable bonds is 2. The van der Waals surface area contributed by atoms with Crippen LogP contribution in [0, 0.1) is 3.57 Å². The predicted molar refractivity (Wildman–Crippen MR) is 90.0 cm³/mol. The Kier molecular flexibility index (Phi) is 3.90. The first-order chi connectivity index (χ1) is 9.72. The quantitative estimate of drug-likeness (QED) is 0.637. The standard InChI is InChI=1S/C14H16IN5/c15-11-9-17-14(18-10-11)20-7-5-19(6-8-20)13-3-1-12(16)2-4-13/h1-4,9-10H,5-8,16H2. The average molecular weight is 381 g/mol. The number of nitrogens with zero attached hydrogens (tertiary/aromatic N) is 4. The van der Waals surface area contributed by atoms with Crippen molar-refractivity contribution >= 4 is 39.9 Å². The van der Waals surface area contributed by atoms with Crippen molar-refractivity contribution in [3.05, 3.63) is 40.2 Å². The molecule has 0 unspecified atom stereocenters. The van der Waals surface area contributed by atoms with Gasteiger partial charge in [-0.05, 0) is 46.9 Å². The zero-order valence-corrected chi connectivity index (χ0v) is 13.2. The summed E-state index contributed by atoms with van der Waals surface area (Å²) in [6.45, 7) is 3.81. The van der Waals surface area contributed by atoms with Gasteiger partial charge < -0.3 is 15.5 Å². The van der Waals surface area contributed by atoms with E-state index in [1.54, 1.807) is 0 Å². The normalized spacial score (nSPS) is 15.4. The fourth-order valence-corrected chi connectivity index (χ4v) is 2.60. The Balaban J connectivity index is 1.64. The van der Waals surface area contributed by atoms with Crippen molar-refractivity contribution in [2.24, 2.45) is 0 Å². The molecule has 2 aromatic rings. The van der Waals surface area contributed by atoms with Gasteiger partial charge in [-0.3, -0.25) is 0 Å². The minimum atomic E-state index is 0.805. The molecule has 1 fully saturated rings. The van der Waals surface area contributed by atoms with E-state index in [0.29, 0.717) is 0 Å². The van der Waals surface area contributed by atoms with Gasteiger partial charge >= 0.3 is 0 Å². The largest absolute Gasteiger partial charge is 0.399 e. The molecule has 0 amide bonds. The average Bonchev–Trinajstić information content (AvgIpc) is 2.49. The summed E-state index contributed by atoms with van der Waals surface area (Å²) >= 11 is 2.22. The first-order valence-corrected chi connectivity index (χ1v) is 7.63. The summed E-state index contributed by atoms with van der Waals surface area (Å²) < 4.78 is 1.06. The molecule has 0 bridgehead atoms. The molecule has 104 valence electrons. The van der Waals surface area contributed by atoms with Crippen molar-refractivity contribution in [2.45, 2.75) is 0 Å². The van der Waals surface area contributed by atoms with Gasteiger partial charge in [-0.1, -0.05) is 0 Å². The third kappa shape index (κ3) is 2.95. The van der Waals surface area contributed by atoms with E-state index in [2.05, 4.69) is 54.5 Å². The van der Waals surface area contributed by atoms with Gasteiger partial charge in [0.05, 0.1) is 0 Å². The first kappa shape index (κ1) is 13.4. The van der Waals surface area contributed by atoms with Crippen molar-refractivity contribution in [1.82, 2.24) is 9.97 Å². The molecule has 0 radical (unpaired) electrons. The Morgan fingerprint density at radius 2 is 1.45 bits per heavy atom. The zero-order chi connectivity index (χ0) is 13.9. The molecule has 1 aliphatic heterocycles. The maximum Gasteiger partial charge on any atom is 0.225 e. The molecule has 1 aromatic carbocycles. The Bertz CT molecular complexity index is 508. The lowest BCUT2D eigenvalue weighted by atomic mass is 10.2. The van der Waals surface area contributed by atoms with Crippen molar-refractivity contribution in [3.8, 4) is 0 Å². The van der Waals surface area contributed by atoms with Gasteiger partial charge in [0.1, 0.15) is 0 Å². The molecule has 3 rings (SSSR count). The lowest BCUT2D eigenvalue weighted by Crippen LogP contribution is -2.47. The third-order valence-electron chi connectivity index (χ3n) is 3.43. The van der Waals surface area contributed by atoms with E-state index in [4.69, 9.17) is 5.73 Å². The van der Waals surface area contributed by atoms with Crippen LogP contribution in [-0.2, 0) is 0 Å². The maximum absolute atomic E-state index is 5.72. The number of halogens is 1. The molecule has 0 saturated carbocycles. The Morgan fingerprint density at radius 3 is 2.05 bits per heavy atom. The SMILES string of the molecule is Nc1ccc(N2CCN(c3ncc(I)cn3)CC2)cc1. The van der Waals surface area contributed by atoms with Gasteiger partial charge in [0, 0.05) is 53.5 Å². The molecule has 0 aliphatic carbocycles. The zero-order valence-electron chi connectivity index (χ0n) is 11.0. The number of aromatic nitrogens is 2. The van der Waals surface area contributed by atoms with E-state index in [1.807, 2.05) is 24.5 Å². The van der Waals surface area contributed by atoms with Crippen molar-refractivity contribution in [3.63, 3.8) is 0 Å². The highest BCUT2D eigenvalue weighted by atomic mass is 127. The molecule has 0 spiro atoms. The van der Waals surface area contributed by atoms with Crippen LogP contribution in [0.2, 0.25) is 0 Å². The lowest BCUT2D eigenvalue weighted by Gasteiger charge is -2.36. The van der Waals surface area contributed by atoms with Gasteiger partial charge in [-0.2, -0.15) is 0 Å². The number of nitrogen functional groups attached to an aromatic ring is 1. The minimum absolute atomic E-state index is 0.805. The lowest BCUT2D eigenvalue weighted by molar-refractivity contribution is 0.640. The summed E-state index contributed by atoms with van der Waals surface area (Å²) in [5.41, 5.74) is 7.75. The Labute approximate surface area is 132 Å². The highest BCUT2D eigenvalue weighted by Crippen LogP contribution is 2.19. The van der Waals surface area contributed by atoms with Crippen LogP contribution in [0.4, 0.5) is 17.3 Å². The molecule has 20 heavy (non-hydrogen) atoms. The van der Waals surface area contributed by atoms with Crippen molar-refractivity contribution < 1.29 is 0 Å². The minimum Gasteiger partial charge on any atom is -0.399 e. The van der Waals surface area contributed by atoms with Crippen molar-refractivity contribution in [1.29, 1.82) is 0 Å². The highest BCUT2D eigenvalue weighted by molar-refractivity contribution is 14.1. The van der Waals surface area contributed by atoms with E-state index < -0.39 is 0 Å². The summed E-state index contributed by atoms with van der Waals surface area (Å²) in [5, 5.41) is 0. The van der Waals surface area contributed by atoms with E-state index in [0.717, 1.165) is 41.4 Å². The second kappa shape index (κ2) is 5.82. The predicted octanol–water partition coefficient (Wildman–Crippen LogP) is 1.99. The van der Waals surface area contributed by atoms with Crippen LogP contribution < -0.4 is 15.5 Å². The van der Waals surface area contributed by atoms with Crippen LogP contribution in [0.3, 0.4) is 0 Å². The number of benzene rings is 1. The van der Waals surface area contributed by atoms with Gasteiger partial charge in [-0.15, -0.1) is 0 Å². The van der Waals surface area contributed by atoms with Crippen LogP contribution in [0.5, 0.6) is 0 Å². The topological polar surface area (TPSA) is 58.3 Å². The van der Waals surface area contributed by atoms with Crippen molar-refractivity contribution in [2.75, 3.05) is 41.7 Å². The van der Waals surface area contributed by atoms with Crippen LogP contribution >= 0.6 is 22.6 Å². The number of anilines is 3. The van der Waals surface area contributed by atoms with Gasteiger partial charge in [0.15, 0.2) is 0 Å². The molecule has 1 aliphatic rings. The Morgan fingerprint density at radius 1 is 0.900 bits per heavy atom. The van der Waals surface area contributed by atoms with E-state index in [1.165, 1.54) is 5.69 Å². The molecular formula is C14H16IN5. The van der Waals surface area contributed by atoms with Crippen LogP contribution in [0.25, 0.3) is 0 Å². The number of nitrogens with two attached hydrogens (primary N) is 1. The van der Waals surface area contributed by atoms with Crippen LogP contribution in [0.15, 0.2) is 36.7 Å². The second-order valence-electron chi connectivity index (χ2n) is 4.77. The summed E-state index contributed by atoms with van der Waals surface area (Å²) in [7, 11) is 0. The van der Waals surface area contributed by atoms with Crippen LogP contribution in [0.1, 0.15) is 0 Å². The molecule has 6 heteroatoms. The van der Waals surface area contributed by atoms with E-state index in [9.17, 15) is 0 Å². The molecule has 2 heterocycles. The van der Waals surface area contributed by atoms with Crippen LogP contribution in [-0.4, -0.2) is 36.1 Å². The summed E-state index contributed by atoms with van der Waals surface area (Å²) in [4.78, 5) is 13.4. The molecule has 0 atom stereocenters. The van der Waals surface area contributed by atoms with E-state index >= 15 is 0 Å². The van der Waals surface area contributed by atoms with Gasteiger partial charge in [0.2, 0.25) is 5.95 Å². The van der Waals surface area contributed by atoms with Gasteiger partial charge in [-0.25, -0.2) is 9.97 Å². The fourth-order valence-electron chi connectivity index (χ4n) is 2.32. The molecular weight excluding hydrogens is 365 g/mol. The fraction of sp³-hybridized carbons (Fsp3) is 0.286. The Hall–Kier alpha value is -1.57. The number of piperazine rings is 1. The second-order valence-corrected chi connectivity index (χ2v) is 6.01. The summed E-state index contributed by atoms with van der Waals surface area (Å²) in [6, 6.07) is 8.05.